The first-order valence-electron chi connectivity index (χ1n) is 7.57. The van der Waals surface area contributed by atoms with E-state index in [1.165, 1.54) is 10.9 Å². The molecule has 1 amide bonds. The molecule has 0 saturated carbocycles. The van der Waals surface area contributed by atoms with E-state index in [0.717, 1.165) is 6.20 Å². The van der Waals surface area contributed by atoms with Gasteiger partial charge in [-0.25, -0.2) is 4.79 Å². The summed E-state index contributed by atoms with van der Waals surface area (Å²) in [6, 6.07) is 6.22. The van der Waals surface area contributed by atoms with Crippen molar-refractivity contribution in [1.29, 1.82) is 0 Å². The number of carbonyl (C=O) groups is 2. The number of aromatic nitrogens is 2. The van der Waals surface area contributed by atoms with Crippen molar-refractivity contribution in [3.05, 3.63) is 52.3 Å². The van der Waals surface area contributed by atoms with Crippen LogP contribution in [0.1, 0.15) is 12.0 Å². The summed E-state index contributed by atoms with van der Waals surface area (Å²) in [5, 5.41) is 17.8. The Hall–Kier alpha value is -3.96. The maximum absolute atomic E-state index is 11.7. The molecule has 142 valence electrons. The molecule has 12 heteroatoms. The van der Waals surface area contributed by atoms with E-state index >= 15 is 0 Å². The molecule has 1 heterocycles. The van der Waals surface area contributed by atoms with Gasteiger partial charge < -0.3 is 21.0 Å². The summed E-state index contributed by atoms with van der Waals surface area (Å²) in [6.45, 7) is -0.159. The lowest BCUT2D eigenvalue weighted by Crippen LogP contribution is -2.20. The van der Waals surface area contributed by atoms with Crippen LogP contribution in [0.2, 0.25) is 0 Å². The second-order valence-electron chi connectivity index (χ2n) is 5.19. The Morgan fingerprint density at radius 2 is 1.96 bits per heavy atom. The third-order valence-electron chi connectivity index (χ3n) is 3.15. The first-order chi connectivity index (χ1) is 12.8. The van der Waals surface area contributed by atoms with Crippen molar-refractivity contribution in [2.45, 2.75) is 13.0 Å². The lowest BCUT2D eigenvalue weighted by molar-refractivity contribution is -0.385. The van der Waals surface area contributed by atoms with Crippen molar-refractivity contribution in [2.24, 2.45) is 16.6 Å². The van der Waals surface area contributed by atoms with Crippen LogP contribution in [0.25, 0.3) is 0 Å². The molecule has 2 rings (SSSR count). The van der Waals surface area contributed by atoms with Gasteiger partial charge in [0.25, 0.3) is 5.91 Å². The van der Waals surface area contributed by atoms with Crippen molar-refractivity contribution in [3.8, 4) is 5.75 Å². The van der Waals surface area contributed by atoms with Crippen LogP contribution in [0.3, 0.4) is 0 Å². The molecule has 0 fully saturated rings. The number of nitrogens with two attached hydrogens (primary N) is 2. The zero-order chi connectivity index (χ0) is 19.8. The van der Waals surface area contributed by atoms with Gasteiger partial charge in [-0.1, -0.05) is 5.16 Å². The highest BCUT2D eigenvalue weighted by Crippen LogP contribution is 2.12. The summed E-state index contributed by atoms with van der Waals surface area (Å²) in [6.07, 6.45) is 2.18. The highest BCUT2D eigenvalue weighted by atomic mass is 16.7. The molecule has 1 aromatic heterocycles. The van der Waals surface area contributed by atoms with Gasteiger partial charge in [0, 0.05) is 5.56 Å². The number of benzene rings is 1. The van der Waals surface area contributed by atoms with Crippen molar-refractivity contribution < 1.29 is 24.1 Å². The number of hydrogen-bond acceptors (Lipinski definition) is 8. The van der Waals surface area contributed by atoms with E-state index in [-0.39, 0.29) is 31.1 Å². The Labute approximate surface area is 152 Å². The van der Waals surface area contributed by atoms with Gasteiger partial charge in [-0.15, -0.1) is 0 Å². The van der Waals surface area contributed by atoms with Crippen LogP contribution in [0, 0.1) is 10.1 Å². The van der Waals surface area contributed by atoms with Crippen LogP contribution in [-0.2, 0) is 21.0 Å². The number of ether oxygens (including phenoxy) is 1. The smallest absolute Gasteiger partial charge is 0.336 e. The van der Waals surface area contributed by atoms with Gasteiger partial charge in [-0.05, 0) is 24.3 Å². The fourth-order valence-electron chi connectivity index (χ4n) is 1.85. The monoisotopic (exact) mass is 376 g/mol. The van der Waals surface area contributed by atoms with Crippen LogP contribution in [0.5, 0.6) is 5.75 Å². The molecule has 0 spiro atoms. The molecule has 12 nitrogen and oxygen atoms in total. The minimum Gasteiger partial charge on any atom is -0.484 e. The second-order valence-corrected chi connectivity index (χ2v) is 5.19. The molecule has 0 bridgehead atoms. The number of oxime groups is 1. The fourth-order valence-corrected chi connectivity index (χ4v) is 1.85. The van der Waals surface area contributed by atoms with Gasteiger partial charge in [0.05, 0.1) is 17.9 Å². The van der Waals surface area contributed by atoms with Gasteiger partial charge in [0.2, 0.25) is 0 Å². The molecule has 0 saturated heterocycles. The van der Waals surface area contributed by atoms with E-state index < -0.39 is 16.8 Å². The fraction of sp³-hybridized carbons (Fsp3) is 0.200. The highest BCUT2D eigenvalue weighted by molar-refractivity contribution is 5.97. The Morgan fingerprint density at radius 1 is 1.26 bits per heavy atom. The average Bonchev–Trinajstić information content (AvgIpc) is 3.12. The Morgan fingerprint density at radius 3 is 2.56 bits per heavy atom. The number of amides is 1. The van der Waals surface area contributed by atoms with Crippen LogP contribution < -0.4 is 16.2 Å². The molecular weight excluding hydrogens is 360 g/mol. The predicted octanol–water partition coefficient (Wildman–Crippen LogP) is -0.0908. The molecule has 27 heavy (non-hydrogen) atoms. The van der Waals surface area contributed by atoms with Crippen LogP contribution in [-0.4, -0.2) is 39.0 Å². The topological polar surface area (TPSA) is 178 Å². The third-order valence-corrected chi connectivity index (χ3v) is 3.15. The highest BCUT2D eigenvalue weighted by Gasteiger charge is 2.11. The number of nitro groups is 1. The molecule has 4 N–H and O–H groups in total. The van der Waals surface area contributed by atoms with E-state index in [0.29, 0.717) is 11.3 Å². The van der Waals surface area contributed by atoms with Crippen molar-refractivity contribution in [2.75, 3.05) is 6.61 Å². The van der Waals surface area contributed by atoms with Crippen molar-refractivity contribution in [1.82, 2.24) is 9.78 Å². The SMILES string of the molecule is NC(=O)COc1ccc(/C(N)=N/OC(=O)CCn2cc([N+](=O)[O-])cn2)cc1. The molecule has 2 aromatic rings. The summed E-state index contributed by atoms with van der Waals surface area (Å²) >= 11 is 0. The maximum atomic E-state index is 11.7. The van der Waals surface area contributed by atoms with E-state index in [1.54, 1.807) is 24.3 Å². The molecule has 1 aromatic carbocycles. The first-order valence-corrected chi connectivity index (χ1v) is 7.57. The number of carbonyl (C=O) groups excluding carboxylic acids is 2. The van der Waals surface area contributed by atoms with E-state index in [1.807, 2.05) is 0 Å². The Bertz CT molecular complexity index is 860. The Balaban J connectivity index is 1.83. The molecule has 0 atom stereocenters. The molecule has 0 radical (unpaired) electrons. The van der Waals surface area contributed by atoms with Gasteiger partial charge >= 0.3 is 11.7 Å². The average molecular weight is 376 g/mol. The van der Waals surface area contributed by atoms with Crippen LogP contribution >= 0.6 is 0 Å². The summed E-state index contributed by atoms with van der Waals surface area (Å²) in [5.74, 6) is -0.913. The lowest BCUT2D eigenvalue weighted by atomic mass is 10.2. The minimum atomic E-state index is -0.683. The van der Waals surface area contributed by atoms with Crippen molar-refractivity contribution in [3.63, 3.8) is 0 Å². The van der Waals surface area contributed by atoms with Crippen molar-refractivity contribution >= 4 is 23.4 Å². The van der Waals surface area contributed by atoms with Gasteiger partial charge in [0.1, 0.15) is 18.1 Å². The number of amidine groups is 1. The number of hydrogen-bond donors (Lipinski definition) is 2. The zero-order valence-electron chi connectivity index (χ0n) is 14.0. The molecular formula is C15H16N6O6. The minimum absolute atomic E-state index is 0.0421. The largest absolute Gasteiger partial charge is 0.484 e. The lowest BCUT2D eigenvalue weighted by Gasteiger charge is -2.05. The Kier molecular flexibility index (Phi) is 6.41. The van der Waals surface area contributed by atoms with E-state index in [9.17, 15) is 19.7 Å². The maximum Gasteiger partial charge on any atom is 0.336 e. The molecule has 0 aliphatic carbocycles. The summed E-state index contributed by atoms with van der Waals surface area (Å²) < 4.78 is 6.35. The third kappa shape index (κ3) is 6.12. The number of rotatable bonds is 9. The van der Waals surface area contributed by atoms with E-state index in [4.69, 9.17) is 21.0 Å². The standard InChI is InChI=1S/C15H16N6O6/c16-13(22)9-26-12-3-1-10(2-4-12)15(17)19-27-14(23)5-6-20-8-11(7-18-20)21(24)25/h1-4,7-8H,5-6,9H2,(H2,16,22)(H2,17,19). The van der Waals surface area contributed by atoms with Gasteiger partial charge in [0.15, 0.2) is 12.4 Å². The molecule has 0 unspecified atom stereocenters. The number of nitrogens with zero attached hydrogens (tertiary/aromatic N) is 4. The van der Waals surface area contributed by atoms with Gasteiger partial charge in [-0.2, -0.15) is 5.10 Å². The number of aryl methyl sites for hydroxylation is 1. The van der Waals surface area contributed by atoms with E-state index in [2.05, 4.69) is 10.3 Å². The summed E-state index contributed by atoms with van der Waals surface area (Å²) in [4.78, 5) is 37.0. The summed E-state index contributed by atoms with van der Waals surface area (Å²) in [5.41, 5.74) is 11.0. The summed E-state index contributed by atoms with van der Waals surface area (Å²) in [7, 11) is 0. The van der Waals surface area contributed by atoms with Crippen LogP contribution in [0.4, 0.5) is 5.69 Å². The zero-order valence-corrected chi connectivity index (χ0v) is 14.0. The molecule has 0 aliphatic heterocycles. The predicted molar refractivity (Wildman–Crippen MR) is 91.4 cm³/mol. The first kappa shape index (κ1) is 19.4. The molecule has 0 aliphatic rings. The quantitative estimate of drug-likeness (QED) is 0.200. The second kappa shape index (κ2) is 8.94. The normalized spacial score (nSPS) is 11.0. The number of primary amides is 1. The van der Waals surface area contributed by atoms with Gasteiger partial charge in [-0.3, -0.25) is 19.6 Å². The van der Waals surface area contributed by atoms with Crippen LogP contribution in [0.15, 0.2) is 41.8 Å².